The van der Waals surface area contributed by atoms with Crippen LogP contribution in [0.2, 0.25) is 0 Å². The maximum atomic E-state index is 6.03. The average Bonchev–Trinajstić information content (AvgIpc) is 2.63. The van der Waals surface area contributed by atoms with Crippen molar-refractivity contribution in [2.45, 2.75) is 32.9 Å². The third-order valence-corrected chi connectivity index (χ3v) is 2.97. The van der Waals surface area contributed by atoms with Gasteiger partial charge in [0.2, 0.25) is 0 Å². The summed E-state index contributed by atoms with van der Waals surface area (Å²) >= 11 is 1.85. The quantitative estimate of drug-likeness (QED) is 0.778. The molecule has 1 atom stereocenters. The van der Waals surface area contributed by atoms with E-state index in [1.807, 2.05) is 16.4 Å². The highest BCUT2D eigenvalue weighted by atomic mass is 32.2. The van der Waals surface area contributed by atoms with Crippen LogP contribution in [-0.4, -0.2) is 26.5 Å². The van der Waals surface area contributed by atoms with Crippen LogP contribution in [0.25, 0.3) is 0 Å². The molecule has 0 amide bonds. The molecular weight excluding hydrogens is 196 g/mol. The van der Waals surface area contributed by atoms with Gasteiger partial charge in [-0.15, -0.1) is 5.10 Å². The first-order valence-electron chi connectivity index (χ1n) is 5.01. The third kappa shape index (κ3) is 2.99. The summed E-state index contributed by atoms with van der Waals surface area (Å²) in [7, 11) is 0. The zero-order chi connectivity index (χ0) is 10.4. The molecule has 0 spiro atoms. The van der Waals surface area contributed by atoms with Gasteiger partial charge in [-0.1, -0.05) is 19.1 Å². The molecule has 0 saturated heterocycles. The Morgan fingerprint density at radius 2 is 2.36 bits per heavy atom. The minimum Gasteiger partial charge on any atom is -0.322 e. The van der Waals surface area contributed by atoms with Crippen molar-refractivity contribution in [2.75, 3.05) is 11.5 Å². The molecule has 1 aromatic heterocycles. The van der Waals surface area contributed by atoms with Crippen molar-refractivity contribution in [1.29, 1.82) is 0 Å². The highest BCUT2D eigenvalue weighted by molar-refractivity contribution is 7.99. The smallest absolute Gasteiger partial charge is 0.0762 e. The number of hydrogen-bond donors (Lipinski definition) is 1. The van der Waals surface area contributed by atoms with Crippen LogP contribution in [-0.2, 0) is 6.54 Å². The standard InChI is InChI=1S/C9H18N4S/c1-3-5-13-9(6-11-12-13)8(10)7-14-4-2/h6,8H,3-5,7,10H2,1-2H3. The SMILES string of the molecule is CCCn1nncc1C(N)CSCC. The lowest BCUT2D eigenvalue weighted by atomic mass is 10.2. The number of nitrogens with zero attached hydrogens (tertiary/aromatic N) is 3. The fourth-order valence-electron chi connectivity index (χ4n) is 1.27. The van der Waals surface area contributed by atoms with E-state index in [0.29, 0.717) is 0 Å². The third-order valence-electron chi connectivity index (χ3n) is 1.96. The number of aromatic nitrogens is 3. The van der Waals surface area contributed by atoms with E-state index in [0.717, 1.165) is 30.2 Å². The molecule has 1 aromatic rings. The molecule has 4 nitrogen and oxygen atoms in total. The summed E-state index contributed by atoms with van der Waals surface area (Å²) in [5, 5.41) is 7.91. The van der Waals surface area contributed by atoms with Crippen molar-refractivity contribution in [3.05, 3.63) is 11.9 Å². The van der Waals surface area contributed by atoms with Crippen molar-refractivity contribution in [3.8, 4) is 0 Å². The van der Waals surface area contributed by atoms with Gasteiger partial charge in [0.15, 0.2) is 0 Å². The highest BCUT2D eigenvalue weighted by Crippen LogP contribution is 2.14. The van der Waals surface area contributed by atoms with Crippen molar-refractivity contribution in [1.82, 2.24) is 15.0 Å². The maximum Gasteiger partial charge on any atom is 0.0762 e. The second kappa shape index (κ2) is 6.03. The van der Waals surface area contributed by atoms with Gasteiger partial charge in [0.1, 0.15) is 0 Å². The molecule has 0 radical (unpaired) electrons. The monoisotopic (exact) mass is 214 g/mol. The van der Waals surface area contributed by atoms with Crippen molar-refractivity contribution < 1.29 is 0 Å². The summed E-state index contributed by atoms with van der Waals surface area (Å²) in [5.41, 5.74) is 7.08. The van der Waals surface area contributed by atoms with Gasteiger partial charge in [-0.3, -0.25) is 0 Å². The number of thioether (sulfide) groups is 1. The lowest BCUT2D eigenvalue weighted by molar-refractivity contribution is 0.539. The highest BCUT2D eigenvalue weighted by Gasteiger charge is 2.11. The minimum atomic E-state index is 0.0569. The Morgan fingerprint density at radius 3 is 3.00 bits per heavy atom. The van der Waals surface area contributed by atoms with E-state index in [2.05, 4.69) is 24.2 Å². The Bertz CT molecular complexity index is 261. The molecular formula is C9H18N4S. The predicted molar refractivity (Wildman–Crippen MR) is 60.2 cm³/mol. The maximum absolute atomic E-state index is 6.03. The van der Waals surface area contributed by atoms with Gasteiger partial charge in [0.25, 0.3) is 0 Å². The summed E-state index contributed by atoms with van der Waals surface area (Å²) in [6.45, 7) is 5.16. The lowest BCUT2D eigenvalue weighted by Gasteiger charge is -2.11. The molecule has 0 fully saturated rings. The molecule has 0 aliphatic heterocycles. The molecule has 14 heavy (non-hydrogen) atoms. The number of nitrogens with two attached hydrogens (primary N) is 1. The second-order valence-electron chi connectivity index (χ2n) is 3.15. The van der Waals surface area contributed by atoms with Gasteiger partial charge in [-0.05, 0) is 12.2 Å². The largest absolute Gasteiger partial charge is 0.322 e. The number of rotatable bonds is 6. The van der Waals surface area contributed by atoms with E-state index in [4.69, 9.17) is 5.73 Å². The van der Waals surface area contributed by atoms with E-state index >= 15 is 0 Å². The Kier molecular flexibility index (Phi) is 4.97. The molecule has 80 valence electrons. The van der Waals surface area contributed by atoms with Crippen LogP contribution < -0.4 is 5.73 Å². The van der Waals surface area contributed by atoms with Crippen molar-refractivity contribution in [2.24, 2.45) is 5.73 Å². The summed E-state index contributed by atoms with van der Waals surface area (Å²) in [6.07, 6.45) is 2.83. The predicted octanol–water partition coefficient (Wildman–Crippen LogP) is 1.44. The van der Waals surface area contributed by atoms with E-state index in [1.54, 1.807) is 6.20 Å². The van der Waals surface area contributed by atoms with E-state index in [-0.39, 0.29) is 6.04 Å². The van der Waals surface area contributed by atoms with Gasteiger partial charge in [0.05, 0.1) is 17.9 Å². The Hall–Kier alpha value is -0.550. The van der Waals surface area contributed by atoms with Crippen LogP contribution in [0.3, 0.4) is 0 Å². The molecule has 0 bridgehead atoms. The lowest BCUT2D eigenvalue weighted by Crippen LogP contribution is -2.18. The van der Waals surface area contributed by atoms with Crippen LogP contribution in [0.1, 0.15) is 32.0 Å². The molecule has 0 aromatic carbocycles. The first-order valence-corrected chi connectivity index (χ1v) is 6.16. The molecule has 0 saturated carbocycles. The van der Waals surface area contributed by atoms with Crippen LogP contribution in [0.15, 0.2) is 6.20 Å². The Balaban J connectivity index is 2.58. The molecule has 0 aliphatic carbocycles. The molecule has 1 heterocycles. The summed E-state index contributed by atoms with van der Waals surface area (Å²) in [4.78, 5) is 0. The zero-order valence-corrected chi connectivity index (χ0v) is 9.63. The first-order chi connectivity index (χ1) is 6.79. The molecule has 1 rings (SSSR count). The van der Waals surface area contributed by atoms with Crippen molar-refractivity contribution in [3.63, 3.8) is 0 Å². The summed E-state index contributed by atoms with van der Waals surface area (Å²) in [6, 6.07) is 0.0569. The van der Waals surface area contributed by atoms with Gasteiger partial charge in [-0.25, -0.2) is 4.68 Å². The van der Waals surface area contributed by atoms with E-state index < -0.39 is 0 Å². The first kappa shape index (κ1) is 11.5. The number of hydrogen-bond acceptors (Lipinski definition) is 4. The summed E-state index contributed by atoms with van der Waals surface area (Å²) in [5.74, 6) is 2.04. The topological polar surface area (TPSA) is 56.7 Å². The van der Waals surface area contributed by atoms with Gasteiger partial charge in [-0.2, -0.15) is 11.8 Å². The second-order valence-corrected chi connectivity index (χ2v) is 4.47. The van der Waals surface area contributed by atoms with Crippen LogP contribution in [0.4, 0.5) is 0 Å². The summed E-state index contributed by atoms with van der Waals surface area (Å²) < 4.78 is 1.90. The molecule has 0 aliphatic rings. The zero-order valence-electron chi connectivity index (χ0n) is 8.81. The molecule has 5 heteroatoms. The van der Waals surface area contributed by atoms with Crippen LogP contribution >= 0.6 is 11.8 Å². The Morgan fingerprint density at radius 1 is 1.57 bits per heavy atom. The average molecular weight is 214 g/mol. The van der Waals surface area contributed by atoms with Gasteiger partial charge in [0, 0.05) is 12.3 Å². The normalized spacial score (nSPS) is 13.1. The van der Waals surface area contributed by atoms with Crippen LogP contribution in [0.5, 0.6) is 0 Å². The van der Waals surface area contributed by atoms with Crippen molar-refractivity contribution >= 4 is 11.8 Å². The van der Waals surface area contributed by atoms with E-state index in [9.17, 15) is 0 Å². The Labute approximate surface area is 89.2 Å². The van der Waals surface area contributed by atoms with E-state index in [1.165, 1.54) is 0 Å². The molecule has 2 N–H and O–H groups in total. The fraction of sp³-hybridized carbons (Fsp3) is 0.778. The van der Waals surface area contributed by atoms with Gasteiger partial charge < -0.3 is 5.73 Å². The number of aryl methyl sites for hydroxylation is 1. The minimum absolute atomic E-state index is 0.0569. The fourth-order valence-corrected chi connectivity index (χ4v) is 1.93. The molecule has 1 unspecified atom stereocenters. The van der Waals surface area contributed by atoms with Crippen LogP contribution in [0, 0.1) is 0 Å². The van der Waals surface area contributed by atoms with Gasteiger partial charge >= 0.3 is 0 Å².